The van der Waals surface area contributed by atoms with Crippen molar-refractivity contribution >= 4 is 17.8 Å². The van der Waals surface area contributed by atoms with Gasteiger partial charge in [-0.25, -0.2) is 4.79 Å². The van der Waals surface area contributed by atoms with Gasteiger partial charge in [0.05, 0.1) is 25.2 Å². The van der Waals surface area contributed by atoms with Crippen LogP contribution in [0.3, 0.4) is 0 Å². The zero-order chi connectivity index (χ0) is 28.9. The lowest BCUT2D eigenvalue weighted by molar-refractivity contribution is -0.130. The highest BCUT2D eigenvalue weighted by Crippen LogP contribution is 2.14. The molecular weight excluding hydrogens is 482 g/mol. The number of rotatable bonds is 15. The van der Waals surface area contributed by atoms with Crippen LogP contribution in [0.4, 0.5) is 4.79 Å². The summed E-state index contributed by atoms with van der Waals surface area (Å²) >= 11 is 0. The molecular formula is C29H51N5O4. The number of nitrogens with one attached hydrogen (secondary N) is 4. The number of nitrogens with zero attached hydrogens (tertiary/aromatic N) is 1. The molecule has 0 spiro atoms. The molecule has 4 atom stereocenters. The maximum absolute atomic E-state index is 13.5. The Bertz CT molecular complexity index is 856. The van der Waals surface area contributed by atoms with Crippen LogP contribution in [0, 0.1) is 11.8 Å². The molecule has 216 valence electrons. The van der Waals surface area contributed by atoms with Gasteiger partial charge in [0.15, 0.2) is 0 Å². The van der Waals surface area contributed by atoms with Gasteiger partial charge in [0, 0.05) is 12.1 Å². The molecule has 0 aliphatic rings. The van der Waals surface area contributed by atoms with E-state index in [9.17, 15) is 19.5 Å². The van der Waals surface area contributed by atoms with Gasteiger partial charge in [-0.1, -0.05) is 64.4 Å². The molecule has 0 fully saturated rings. The minimum atomic E-state index is -1.03. The topological polar surface area (TPSA) is 123 Å². The molecule has 38 heavy (non-hydrogen) atoms. The smallest absolute Gasteiger partial charge is 0.317 e. The van der Waals surface area contributed by atoms with Crippen LogP contribution in [0.2, 0.25) is 0 Å². The number of aliphatic hydroxyl groups excluding tert-OH is 1. The summed E-state index contributed by atoms with van der Waals surface area (Å²) in [5.41, 5.74) is 0.522. The van der Waals surface area contributed by atoms with E-state index in [1.807, 2.05) is 65.0 Å². The number of carbonyl (C=O) groups is 3. The van der Waals surface area contributed by atoms with E-state index in [0.29, 0.717) is 25.3 Å². The van der Waals surface area contributed by atoms with Gasteiger partial charge in [0.2, 0.25) is 11.8 Å². The third kappa shape index (κ3) is 12.7. The molecule has 0 bridgehead atoms. The maximum Gasteiger partial charge on any atom is 0.317 e. The third-order valence-electron chi connectivity index (χ3n) is 6.39. The van der Waals surface area contributed by atoms with Crippen molar-refractivity contribution < 1.29 is 19.5 Å². The van der Waals surface area contributed by atoms with Gasteiger partial charge < -0.3 is 31.3 Å². The molecule has 0 aromatic heterocycles. The van der Waals surface area contributed by atoms with Crippen molar-refractivity contribution in [3.63, 3.8) is 0 Å². The minimum Gasteiger partial charge on any atom is -0.389 e. The van der Waals surface area contributed by atoms with Gasteiger partial charge in [-0.05, 0) is 58.1 Å². The molecule has 0 heterocycles. The minimum absolute atomic E-state index is 0.0620. The third-order valence-corrected chi connectivity index (χ3v) is 6.39. The number of likely N-dealkylation sites (N-methyl/N-ethyl adjacent to an activating group) is 1. The van der Waals surface area contributed by atoms with Crippen LogP contribution in [0.15, 0.2) is 30.3 Å². The van der Waals surface area contributed by atoms with Gasteiger partial charge >= 0.3 is 6.03 Å². The van der Waals surface area contributed by atoms with Crippen LogP contribution in [-0.4, -0.2) is 78.3 Å². The molecule has 0 unspecified atom stereocenters. The first-order chi connectivity index (χ1) is 17.8. The van der Waals surface area contributed by atoms with E-state index in [0.717, 1.165) is 12.0 Å². The normalized spacial score (nSPS) is 14.8. The lowest BCUT2D eigenvalue weighted by atomic mass is 9.96. The van der Waals surface area contributed by atoms with E-state index in [-0.39, 0.29) is 36.9 Å². The molecule has 1 aromatic rings. The summed E-state index contributed by atoms with van der Waals surface area (Å²) in [4.78, 5) is 40.5. The molecule has 0 aliphatic heterocycles. The van der Waals surface area contributed by atoms with Crippen molar-refractivity contribution in [2.45, 2.75) is 91.5 Å². The Kier molecular flexibility index (Phi) is 14.4. The van der Waals surface area contributed by atoms with Crippen LogP contribution in [0.5, 0.6) is 0 Å². The summed E-state index contributed by atoms with van der Waals surface area (Å²) in [7, 11) is 1.67. The lowest BCUT2D eigenvalue weighted by Crippen LogP contribution is -2.58. The number of carbonyl (C=O) groups excluding carboxylic acids is 3. The van der Waals surface area contributed by atoms with Gasteiger partial charge in [0.1, 0.15) is 6.04 Å². The average Bonchev–Trinajstić information content (AvgIpc) is 2.83. The van der Waals surface area contributed by atoms with E-state index < -0.39 is 23.7 Å². The summed E-state index contributed by atoms with van der Waals surface area (Å²) in [6.07, 6.45) is 0.833. The Morgan fingerprint density at radius 2 is 1.66 bits per heavy atom. The van der Waals surface area contributed by atoms with E-state index in [1.54, 1.807) is 11.9 Å². The molecule has 9 heteroatoms. The number of benzene rings is 1. The van der Waals surface area contributed by atoms with Crippen molar-refractivity contribution in [1.82, 2.24) is 26.2 Å². The number of hydrogen-bond donors (Lipinski definition) is 5. The molecule has 1 aromatic carbocycles. The van der Waals surface area contributed by atoms with Crippen molar-refractivity contribution in [3.05, 3.63) is 35.9 Å². The molecule has 0 aliphatic carbocycles. The zero-order valence-electron chi connectivity index (χ0n) is 24.6. The average molecular weight is 534 g/mol. The molecule has 9 nitrogen and oxygen atoms in total. The number of urea groups is 1. The predicted octanol–water partition coefficient (Wildman–Crippen LogP) is 2.68. The van der Waals surface area contributed by atoms with Crippen LogP contribution < -0.4 is 21.3 Å². The van der Waals surface area contributed by atoms with Crippen LogP contribution in [0.1, 0.15) is 66.9 Å². The molecule has 5 N–H and O–H groups in total. The Morgan fingerprint density at radius 1 is 1.03 bits per heavy atom. The fourth-order valence-corrected chi connectivity index (χ4v) is 3.95. The Balaban J connectivity index is 3.20. The van der Waals surface area contributed by atoms with Crippen LogP contribution in [-0.2, 0) is 16.0 Å². The fourth-order valence-electron chi connectivity index (χ4n) is 3.95. The highest BCUT2D eigenvalue weighted by Gasteiger charge is 2.32. The molecule has 0 radical (unpaired) electrons. The SMILES string of the molecule is CC[C@H](C)[C@H](NC(=O)CNC)C(=O)N[C@@H](Cc1ccccc1)[C@H](O)CN(CCC(C)C)C(=O)NC(C)(C)C. The summed E-state index contributed by atoms with van der Waals surface area (Å²) in [5, 5.41) is 23.0. The van der Waals surface area contributed by atoms with Crippen molar-refractivity contribution in [3.8, 4) is 0 Å². The first-order valence-electron chi connectivity index (χ1n) is 13.8. The standard InChI is InChI=1S/C29H51N5O4/c1-9-21(4)26(32-25(36)18-30-8)27(37)31-23(17-22-13-11-10-12-14-22)24(35)19-34(16-15-20(2)3)28(38)33-29(5,6)7/h10-14,20-21,23-24,26,30,35H,9,15-19H2,1-8H3,(H,31,37)(H,32,36)(H,33,38)/t21-,23-,24+,26-/m0/s1. The van der Waals surface area contributed by atoms with Crippen LogP contribution >= 0.6 is 0 Å². The number of aliphatic hydroxyl groups is 1. The van der Waals surface area contributed by atoms with Crippen molar-refractivity contribution in [1.29, 1.82) is 0 Å². The van der Waals surface area contributed by atoms with E-state index in [1.165, 1.54) is 0 Å². The number of hydrogen-bond acceptors (Lipinski definition) is 5. The fraction of sp³-hybridized carbons (Fsp3) is 0.690. The molecule has 0 saturated heterocycles. The summed E-state index contributed by atoms with van der Waals surface area (Å²) in [5.74, 6) is -0.344. The van der Waals surface area contributed by atoms with E-state index in [2.05, 4.69) is 35.1 Å². The summed E-state index contributed by atoms with van der Waals surface area (Å²) < 4.78 is 0. The number of amides is 4. The van der Waals surface area contributed by atoms with Gasteiger partial charge in [0.25, 0.3) is 0 Å². The monoisotopic (exact) mass is 533 g/mol. The van der Waals surface area contributed by atoms with E-state index >= 15 is 0 Å². The maximum atomic E-state index is 13.5. The molecule has 0 saturated carbocycles. The lowest BCUT2D eigenvalue weighted by Gasteiger charge is -2.34. The first-order valence-corrected chi connectivity index (χ1v) is 13.8. The first kappa shape index (κ1) is 33.4. The Morgan fingerprint density at radius 3 is 2.18 bits per heavy atom. The van der Waals surface area contributed by atoms with Gasteiger partial charge in [-0.2, -0.15) is 0 Å². The zero-order valence-corrected chi connectivity index (χ0v) is 24.6. The highest BCUT2D eigenvalue weighted by atomic mass is 16.3. The van der Waals surface area contributed by atoms with Crippen LogP contribution in [0.25, 0.3) is 0 Å². The second-order valence-corrected chi connectivity index (χ2v) is 11.6. The Labute approximate surface area is 229 Å². The molecule has 4 amide bonds. The van der Waals surface area contributed by atoms with E-state index in [4.69, 9.17) is 0 Å². The second-order valence-electron chi connectivity index (χ2n) is 11.6. The van der Waals surface area contributed by atoms with Crippen molar-refractivity contribution in [2.24, 2.45) is 11.8 Å². The quantitative estimate of drug-likeness (QED) is 0.237. The summed E-state index contributed by atoms with van der Waals surface area (Å²) in [6, 6.07) is 7.95. The molecule has 1 rings (SSSR count). The predicted molar refractivity (Wildman–Crippen MR) is 153 cm³/mol. The largest absolute Gasteiger partial charge is 0.389 e. The Hall–Kier alpha value is -2.65. The van der Waals surface area contributed by atoms with Gasteiger partial charge in [-0.15, -0.1) is 0 Å². The summed E-state index contributed by atoms with van der Waals surface area (Å²) in [6.45, 7) is 14.4. The van der Waals surface area contributed by atoms with Crippen molar-refractivity contribution in [2.75, 3.05) is 26.7 Å². The van der Waals surface area contributed by atoms with Gasteiger partial charge in [-0.3, -0.25) is 9.59 Å². The second kappa shape index (κ2) is 16.3. The highest BCUT2D eigenvalue weighted by molar-refractivity contribution is 5.88.